The zero-order valence-electron chi connectivity index (χ0n) is 20.0. The molecule has 2 amide bonds. The van der Waals surface area contributed by atoms with Crippen molar-refractivity contribution in [2.75, 3.05) is 0 Å². The van der Waals surface area contributed by atoms with E-state index in [1.165, 1.54) is 0 Å². The number of halogens is 12. The van der Waals surface area contributed by atoms with E-state index in [0.29, 0.717) is 12.1 Å². The van der Waals surface area contributed by atoms with Crippen LogP contribution in [0.2, 0.25) is 5.02 Å². The normalized spacial score (nSPS) is 14.5. The Hall–Kier alpha value is -2.81. The Morgan fingerprint density at radius 2 is 1.60 bits per heavy atom. The van der Waals surface area contributed by atoms with Gasteiger partial charge in [-0.05, 0) is 58.8 Å². The summed E-state index contributed by atoms with van der Waals surface area (Å²) >= 11 is 8.72. The van der Waals surface area contributed by atoms with Crippen molar-refractivity contribution in [3.63, 3.8) is 0 Å². The predicted molar refractivity (Wildman–Crippen MR) is 129 cm³/mol. The Bertz CT molecular complexity index is 1280. The third-order valence-corrected chi connectivity index (χ3v) is 6.39. The molecule has 2 atom stereocenters. The lowest BCUT2D eigenvalue weighted by atomic mass is 9.95. The van der Waals surface area contributed by atoms with Crippen molar-refractivity contribution in [2.24, 2.45) is 0 Å². The van der Waals surface area contributed by atoms with Gasteiger partial charge in [0.2, 0.25) is 5.91 Å². The van der Waals surface area contributed by atoms with E-state index >= 15 is 0 Å². The second-order valence-corrected chi connectivity index (χ2v) is 9.60. The number of carbonyl (C=O) groups excluding carboxylic acids is 2. The molecule has 2 N–H and O–H groups in total. The van der Waals surface area contributed by atoms with Crippen molar-refractivity contribution >= 4 is 45.2 Å². The van der Waals surface area contributed by atoms with Gasteiger partial charge in [0.1, 0.15) is 11.7 Å². The number of rotatable bonds is 8. The van der Waals surface area contributed by atoms with Crippen LogP contribution < -0.4 is 10.6 Å². The maximum Gasteiger partial charge on any atom is 0.417 e. The molecule has 0 saturated carbocycles. The van der Waals surface area contributed by atoms with Crippen LogP contribution in [0.25, 0.3) is 5.83 Å². The summed E-state index contributed by atoms with van der Waals surface area (Å²) in [5.41, 5.74) is -4.16. The van der Waals surface area contributed by atoms with Crippen LogP contribution in [-0.2, 0) is 11.0 Å². The summed E-state index contributed by atoms with van der Waals surface area (Å²) < 4.78 is 134. The SMILES string of the molecule is C[C@H](NC(=O)CCC(F)(F)F)NC(=O)c1ccc(/C(F)=C/C(c2ccc(Cl)c(Br)c2)C(F)(F)F)cc1C(F)(F)F. The van der Waals surface area contributed by atoms with Crippen LogP contribution in [0.15, 0.2) is 46.9 Å². The average molecular weight is 672 g/mol. The van der Waals surface area contributed by atoms with Crippen LogP contribution in [-0.4, -0.2) is 30.3 Å². The van der Waals surface area contributed by atoms with Gasteiger partial charge in [0.05, 0.1) is 28.7 Å². The minimum Gasteiger partial charge on any atom is -0.336 e. The Morgan fingerprint density at radius 1 is 0.975 bits per heavy atom. The van der Waals surface area contributed by atoms with Crippen molar-refractivity contribution < 1.29 is 53.5 Å². The van der Waals surface area contributed by atoms with Gasteiger partial charge in [-0.1, -0.05) is 23.7 Å². The first-order valence-electron chi connectivity index (χ1n) is 11.0. The van der Waals surface area contributed by atoms with Gasteiger partial charge in [-0.2, -0.15) is 39.5 Å². The molecule has 220 valence electrons. The van der Waals surface area contributed by atoms with Crippen molar-refractivity contribution in [3.8, 4) is 0 Å². The lowest BCUT2D eigenvalue weighted by Gasteiger charge is -2.20. The summed E-state index contributed by atoms with van der Waals surface area (Å²) in [5.74, 6) is -6.82. The van der Waals surface area contributed by atoms with Crippen LogP contribution in [0.5, 0.6) is 0 Å². The lowest BCUT2D eigenvalue weighted by Crippen LogP contribution is -2.46. The summed E-state index contributed by atoms with van der Waals surface area (Å²) in [6.07, 6.45) is -18.7. The van der Waals surface area contributed by atoms with Crippen molar-refractivity contribution in [1.29, 1.82) is 0 Å². The highest BCUT2D eigenvalue weighted by Crippen LogP contribution is 2.41. The third kappa shape index (κ3) is 9.68. The number of hydrogen-bond acceptors (Lipinski definition) is 2. The molecule has 0 bridgehead atoms. The average Bonchev–Trinajstić information content (AvgIpc) is 2.80. The Balaban J connectivity index is 2.36. The van der Waals surface area contributed by atoms with Crippen LogP contribution in [0, 0.1) is 0 Å². The lowest BCUT2D eigenvalue weighted by molar-refractivity contribution is -0.144. The van der Waals surface area contributed by atoms with E-state index in [9.17, 15) is 53.5 Å². The summed E-state index contributed by atoms with van der Waals surface area (Å²) in [7, 11) is 0. The third-order valence-electron chi connectivity index (χ3n) is 5.17. The molecule has 0 radical (unpaired) electrons. The summed E-state index contributed by atoms with van der Waals surface area (Å²) in [4.78, 5) is 24.0. The number of carbonyl (C=O) groups is 2. The molecule has 0 aliphatic heterocycles. The highest BCUT2D eigenvalue weighted by Gasteiger charge is 2.41. The van der Waals surface area contributed by atoms with Crippen LogP contribution in [0.1, 0.15) is 52.7 Å². The van der Waals surface area contributed by atoms with E-state index in [1.807, 2.05) is 10.6 Å². The molecule has 0 heterocycles. The molecule has 16 heteroatoms. The van der Waals surface area contributed by atoms with Gasteiger partial charge in [-0.3, -0.25) is 9.59 Å². The van der Waals surface area contributed by atoms with E-state index in [0.717, 1.165) is 25.1 Å². The zero-order valence-corrected chi connectivity index (χ0v) is 22.3. The molecule has 1 unspecified atom stereocenters. The van der Waals surface area contributed by atoms with E-state index in [4.69, 9.17) is 11.6 Å². The Morgan fingerprint density at radius 3 is 2.12 bits per heavy atom. The molecular weight excluding hydrogens is 654 g/mol. The monoisotopic (exact) mass is 670 g/mol. The minimum atomic E-state index is -5.27. The first-order chi connectivity index (χ1) is 18.2. The molecule has 2 rings (SSSR count). The highest BCUT2D eigenvalue weighted by atomic mass is 79.9. The fraction of sp³-hybridized carbons (Fsp3) is 0.333. The van der Waals surface area contributed by atoms with E-state index in [2.05, 4.69) is 15.9 Å². The number of amides is 2. The maximum atomic E-state index is 14.9. The first-order valence-corrected chi connectivity index (χ1v) is 12.1. The van der Waals surface area contributed by atoms with Crippen molar-refractivity contribution in [3.05, 3.63) is 74.2 Å². The van der Waals surface area contributed by atoms with Crippen molar-refractivity contribution in [2.45, 2.75) is 50.4 Å². The molecule has 0 aromatic heterocycles. The number of nitrogens with one attached hydrogen (secondary N) is 2. The summed E-state index contributed by atoms with van der Waals surface area (Å²) in [6.45, 7) is 1.07. The van der Waals surface area contributed by atoms with Gasteiger partial charge < -0.3 is 10.6 Å². The van der Waals surface area contributed by atoms with E-state index in [1.54, 1.807) is 0 Å². The van der Waals surface area contributed by atoms with Crippen LogP contribution in [0.3, 0.4) is 0 Å². The van der Waals surface area contributed by atoms with E-state index < -0.39 is 83.3 Å². The summed E-state index contributed by atoms with van der Waals surface area (Å²) in [6, 6.07) is 4.35. The van der Waals surface area contributed by atoms with Gasteiger partial charge in [0, 0.05) is 16.5 Å². The van der Waals surface area contributed by atoms with E-state index in [-0.39, 0.29) is 21.6 Å². The fourth-order valence-electron chi connectivity index (χ4n) is 3.33. The predicted octanol–water partition coefficient (Wildman–Crippen LogP) is 8.31. The second kappa shape index (κ2) is 12.8. The molecule has 0 fully saturated rings. The molecule has 0 spiro atoms. The largest absolute Gasteiger partial charge is 0.417 e. The van der Waals surface area contributed by atoms with Gasteiger partial charge in [0.25, 0.3) is 5.91 Å². The molecule has 0 saturated heterocycles. The highest BCUT2D eigenvalue weighted by molar-refractivity contribution is 9.10. The quantitative estimate of drug-likeness (QED) is 0.219. The fourth-order valence-corrected chi connectivity index (χ4v) is 3.85. The molecule has 0 aliphatic carbocycles. The zero-order chi connectivity index (χ0) is 30.6. The number of allylic oxidation sites excluding steroid dienone is 1. The molecule has 2 aromatic carbocycles. The van der Waals surface area contributed by atoms with Gasteiger partial charge in [-0.25, -0.2) is 4.39 Å². The topological polar surface area (TPSA) is 58.2 Å². The van der Waals surface area contributed by atoms with Crippen LogP contribution >= 0.6 is 27.5 Å². The molecule has 0 aliphatic rings. The molecule has 4 nitrogen and oxygen atoms in total. The van der Waals surface area contributed by atoms with Gasteiger partial charge in [-0.15, -0.1) is 0 Å². The standard InChI is InChI=1S/C24H18BrClF10N2O2/c1-11(37-20(39)6-7-22(28,29)30)38-21(40)14-4-2-13(8-16(14)24(34,35)36)19(27)10-15(23(31,32)33)12-3-5-18(26)17(25)9-12/h2-5,8-11,15H,6-7H2,1H3,(H,37,39)(H,38,40)/b19-10-/t11-,15?/m1/s1. The number of benzene rings is 2. The minimum absolute atomic E-state index is 0.0630. The number of alkyl halides is 9. The van der Waals surface area contributed by atoms with Gasteiger partial charge in [0.15, 0.2) is 0 Å². The Kier molecular flexibility index (Phi) is 10.7. The first kappa shape index (κ1) is 33.4. The Labute approximate surface area is 233 Å². The van der Waals surface area contributed by atoms with Crippen LogP contribution in [0.4, 0.5) is 43.9 Å². The number of hydrogen-bond donors (Lipinski definition) is 2. The van der Waals surface area contributed by atoms with Crippen molar-refractivity contribution in [1.82, 2.24) is 10.6 Å². The maximum absolute atomic E-state index is 14.9. The summed E-state index contributed by atoms with van der Waals surface area (Å²) in [5, 5.41) is 3.97. The second-order valence-electron chi connectivity index (χ2n) is 8.34. The van der Waals surface area contributed by atoms with Gasteiger partial charge >= 0.3 is 18.5 Å². The molecule has 40 heavy (non-hydrogen) atoms. The molecular formula is C24H18BrClF10N2O2. The smallest absolute Gasteiger partial charge is 0.336 e. The molecule has 2 aromatic rings.